The molecule has 3 aromatic heterocycles. The van der Waals surface area contributed by atoms with Crippen LogP contribution in [-0.2, 0) is 0 Å². The van der Waals surface area contributed by atoms with E-state index in [-0.39, 0.29) is 11.7 Å². The number of benzene rings is 1. The Labute approximate surface area is 226 Å². The minimum absolute atomic E-state index is 0.191. The van der Waals surface area contributed by atoms with Crippen molar-refractivity contribution in [1.82, 2.24) is 29.8 Å². The summed E-state index contributed by atoms with van der Waals surface area (Å²) in [5.41, 5.74) is 10.0. The summed E-state index contributed by atoms with van der Waals surface area (Å²) in [6.07, 6.45) is 7.56. The molecule has 1 aliphatic rings. The average molecular weight is 528 g/mol. The standard InChI is InChI=1S/C28H33N9O2/c1-19-7-6-8-23(33-19)35-28(39)34-21-11-9-20(10-12-21)24-22(17-37-25(24)26(29)31-18-32-37)27(38)30-13-2-3-14-36-15-4-5-16-36/h6-12,17-18H,2-5,13-16H2,1H3,(H,30,38)(H2,29,31,32)(H2,33,34,35,39). The second kappa shape index (κ2) is 11.9. The third-order valence-corrected chi connectivity index (χ3v) is 6.79. The second-order valence-corrected chi connectivity index (χ2v) is 9.69. The van der Waals surface area contributed by atoms with E-state index < -0.39 is 6.03 Å². The number of nitrogens with one attached hydrogen (secondary N) is 3. The van der Waals surface area contributed by atoms with Gasteiger partial charge in [0.15, 0.2) is 5.82 Å². The molecule has 0 aliphatic carbocycles. The summed E-state index contributed by atoms with van der Waals surface area (Å²) in [7, 11) is 0. The molecule has 0 radical (unpaired) electrons. The van der Waals surface area contributed by atoms with E-state index in [2.05, 4.69) is 35.9 Å². The average Bonchev–Trinajstić information content (AvgIpc) is 3.58. The van der Waals surface area contributed by atoms with Crippen molar-refractivity contribution in [3.8, 4) is 11.1 Å². The smallest absolute Gasteiger partial charge is 0.324 e. The Bertz CT molecular complexity index is 1460. The predicted octanol–water partition coefficient (Wildman–Crippen LogP) is 3.93. The Morgan fingerprint density at radius 1 is 1.03 bits per heavy atom. The lowest BCUT2D eigenvalue weighted by molar-refractivity contribution is 0.0953. The Hall–Kier alpha value is -4.51. The van der Waals surface area contributed by atoms with Gasteiger partial charge in [0.25, 0.3) is 5.91 Å². The van der Waals surface area contributed by atoms with Gasteiger partial charge < -0.3 is 21.3 Å². The molecule has 39 heavy (non-hydrogen) atoms. The summed E-state index contributed by atoms with van der Waals surface area (Å²) in [4.78, 5) is 36.6. The summed E-state index contributed by atoms with van der Waals surface area (Å²) in [5, 5.41) is 12.8. The number of urea groups is 1. The molecule has 0 atom stereocenters. The van der Waals surface area contributed by atoms with Crippen molar-refractivity contribution in [2.24, 2.45) is 0 Å². The fraction of sp³-hybridized carbons (Fsp3) is 0.321. The van der Waals surface area contributed by atoms with Crippen LogP contribution in [0.25, 0.3) is 16.6 Å². The minimum Gasteiger partial charge on any atom is -0.382 e. The third-order valence-electron chi connectivity index (χ3n) is 6.79. The van der Waals surface area contributed by atoms with Gasteiger partial charge in [-0.15, -0.1) is 0 Å². The van der Waals surface area contributed by atoms with E-state index in [4.69, 9.17) is 5.73 Å². The maximum atomic E-state index is 13.3. The van der Waals surface area contributed by atoms with Crippen LogP contribution in [0.2, 0.25) is 0 Å². The molecule has 1 aromatic carbocycles. The van der Waals surface area contributed by atoms with Gasteiger partial charge in [-0.2, -0.15) is 5.10 Å². The van der Waals surface area contributed by atoms with Crippen LogP contribution < -0.4 is 21.7 Å². The largest absolute Gasteiger partial charge is 0.382 e. The number of carbonyl (C=O) groups is 2. The summed E-state index contributed by atoms with van der Waals surface area (Å²) in [6.45, 7) is 5.88. The van der Waals surface area contributed by atoms with Crippen LogP contribution in [0.1, 0.15) is 41.7 Å². The number of hydrogen-bond acceptors (Lipinski definition) is 7. The van der Waals surface area contributed by atoms with Crippen LogP contribution in [0.15, 0.2) is 55.0 Å². The summed E-state index contributed by atoms with van der Waals surface area (Å²) < 4.78 is 1.58. The summed E-state index contributed by atoms with van der Waals surface area (Å²) in [5.74, 6) is 0.548. The van der Waals surface area contributed by atoms with E-state index in [0.29, 0.717) is 34.7 Å². The first kappa shape index (κ1) is 26.1. The third kappa shape index (κ3) is 6.32. The molecule has 0 saturated carbocycles. The number of unbranched alkanes of at least 4 members (excludes halogenated alkanes) is 1. The van der Waals surface area contributed by atoms with Crippen molar-refractivity contribution >= 4 is 34.8 Å². The van der Waals surface area contributed by atoms with E-state index >= 15 is 0 Å². The molecular formula is C28H33N9O2. The first-order chi connectivity index (χ1) is 19.0. The molecule has 4 heterocycles. The van der Waals surface area contributed by atoms with Crippen molar-refractivity contribution in [2.45, 2.75) is 32.6 Å². The maximum absolute atomic E-state index is 13.3. The monoisotopic (exact) mass is 527 g/mol. The number of anilines is 3. The van der Waals surface area contributed by atoms with Gasteiger partial charge in [-0.25, -0.2) is 19.3 Å². The van der Waals surface area contributed by atoms with E-state index in [1.54, 1.807) is 28.9 Å². The van der Waals surface area contributed by atoms with Gasteiger partial charge in [-0.05, 0) is 82.1 Å². The number of likely N-dealkylation sites (tertiary alicyclic amines) is 1. The fourth-order valence-electron chi connectivity index (χ4n) is 4.87. The van der Waals surface area contributed by atoms with Crippen molar-refractivity contribution in [3.05, 3.63) is 66.2 Å². The first-order valence-electron chi connectivity index (χ1n) is 13.2. The van der Waals surface area contributed by atoms with Gasteiger partial charge >= 0.3 is 6.03 Å². The maximum Gasteiger partial charge on any atom is 0.324 e. The lowest BCUT2D eigenvalue weighted by Crippen LogP contribution is -2.26. The molecular weight excluding hydrogens is 494 g/mol. The number of pyridine rings is 1. The lowest BCUT2D eigenvalue weighted by atomic mass is 10.0. The zero-order valence-electron chi connectivity index (χ0n) is 22.0. The predicted molar refractivity (Wildman–Crippen MR) is 152 cm³/mol. The van der Waals surface area contributed by atoms with Gasteiger partial charge in [0, 0.05) is 29.7 Å². The van der Waals surface area contributed by atoms with Gasteiger partial charge in [-0.3, -0.25) is 10.1 Å². The minimum atomic E-state index is -0.405. The zero-order valence-corrected chi connectivity index (χ0v) is 22.0. The summed E-state index contributed by atoms with van der Waals surface area (Å²) >= 11 is 0. The van der Waals surface area contributed by atoms with Gasteiger partial charge in [-0.1, -0.05) is 18.2 Å². The van der Waals surface area contributed by atoms with Crippen LogP contribution in [0.5, 0.6) is 0 Å². The van der Waals surface area contributed by atoms with E-state index in [1.807, 2.05) is 31.2 Å². The molecule has 5 rings (SSSR count). The van der Waals surface area contributed by atoms with Gasteiger partial charge in [0.2, 0.25) is 0 Å². The Kier molecular flexibility index (Phi) is 7.97. The number of nitrogen functional groups attached to an aromatic ring is 1. The molecule has 4 aromatic rings. The second-order valence-electron chi connectivity index (χ2n) is 9.69. The molecule has 11 nitrogen and oxygen atoms in total. The van der Waals surface area contributed by atoms with Crippen molar-refractivity contribution in [1.29, 1.82) is 0 Å². The molecule has 0 spiro atoms. The molecule has 11 heteroatoms. The number of nitrogens with two attached hydrogens (primary N) is 1. The number of carbonyl (C=O) groups excluding carboxylic acids is 2. The Morgan fingerprint density at radius 2 is 1.82 bits per heavy atom. The topological polar surface area (TPSA) is 143 Å². The lowest BCUT2D eigenvalue weighted by Gasteiger charge is -2.14. The molecule has 1 fully saturated rings. The number of fused-ring (bicyclic) bond motifs is 1. The SMILES string of the molecule is Cc1cccc(NC(=O)Nc2ccc(-c3c(C(=O)NCCCCN4CCCC4)cn4ncnc(N)c34)cc2)n1. The highest BCUT2D eigenvalue weighted by atomic mass is 16.2. The number of aryl methyl sites for hydroxylation is 1. The van der Waals surface area contributed by atoms with Crippen molar-refractivity contribution in [2.75, 3.05) is 42.5 Å². The number of nitrogens with zero attached hydrogens (tertiary/aromatic N) is 5. The number of amides is 3. The number of hydrogen-bond donors (Lipinski definition) is 4. The van der Waals surface area contributed by atoms with Crippen LogP contribution >= 0.6 is 0 Å². The van der Waals surface area contributed by atoms with Crippen LogP contribution in [0.3, 0.4) is 0 Å². The Balaban J connectivity index is 1.29. The molecule has 5 N–H and O–H groups in total. The van der Waals surface area contributed by atoms with Crippen LogP contribution in [0, 0.1) is 6.92 Å². The molecule has 1 saturated heterocycles. The molecule has 0 unspecified atom stereocenters. The van der Waals surface area contributed by atoms with E-state index in [9.17, 15) is 9.59 Å². The van der Waals surface area contributed by atoms with Crippen molar-refractivity contribution < 1.29 is 9.59 Å². The highest BCUT2D eigenvalue weighted by molar-refractivity contribution is 6.07. The summed E-state index contributed by atoms with van der Waals surface area (Å²) in [6, 6.07) is 12.2. The van der Waals surface area contributed by atoms with Gasteiger partial charge in [0.1, 0.15) is 17.7 Å². The first-order valence-corrected chi connectivity index (χ1v) is 13.2. The van der Waals surface area contributed by atoms with Crippen LogP contribution in [-0.4, -0.2) is 62.6 Å². The molecule has 3 amide bonds. The molecule has 202 valence electrons. The molecule has 1 aliphatic heterocycles. The van der Waals surface area contributed by atoms with Crippen LogP contribution in [0.4, 0.5) is 22.1 Å². The molecule has 0 bridgehead atoms. The highest BCUT2D eigenvalue weighted by Crippen LogP contribution is 2.33. The highest BCUT2D eigenvalue weighted by Gasteiger charge is 2.21. The quantitative estimate of drug-likeness (QED) is 0.242. The van der Waals surface area contributed by atoms with Gasteiger partial charge in [0.05, 0.1) is 5.56 Å². The van der Waals surface area contributed by atoms with Crippen molar-refractivity contribution in [3.63, 3.8) is 0 Å². The van der Waals surface area contributed by atoms with E-state index in [1.165, 1.54) is 32.3 Å². The van der Waals surface area contributed by atoms with E-state index in [0.717, 1.165) is 30.6 Å². The zero-order chi connectivity index (χ0) is 27.2. The Morgan fingerprint density at radius 3 is 2.59 bits per heavy atom. The fourth-order valence-corrected chi connectivity index (χ4v) is 4.87. The number of aromatic nitrogens is 4. The normalized spacial score (nSPS) is 13.5. The number of rotatable bonds is 9.